The summed E-state index contributed by atoms with van der Waals surface area (Å²) in [6, 6.07) is 1.02. The van der Waals surface area contributed by atoms with E-state index in [0.29, 0.717) is 0 Å². The maximum Gasteiger partial charge on any atom is 0.321 e. The summed E-state index contributed by atoms with van der Waals surface area (Å²) in [7, 11) is 2.93. The molecule has 0 radical (unpaired) electrons. The molecule has 1 heterocycles. The van der Waals surface area contributed by atoms with Gasteiger partial charge in [0.2, 0.25) is 11.8 Å². The highest BCUT2D eigenvalue weighted by Gasteiger charge is 2.05. The van der Waals surface area contributed by atoms with Gasteiger partial charge in [-0.1, -0.05) is 11.6 Å². The SMILES string of the molecule is CNC(=O)Nc1nc(Cl)cc(OC)n1. The van der Waals surface area contributed by atoms with E-state index in [1.807, 2.05) is 0 Å². The molecular weight excluding hydrogens is 208 g/mol. The topological polar surface area (TPSA) is 76.1 Å². The van der Waals surface area contributed by atoms with Crippen molar-refractivity contribution >= 4 is 23.6 Å². The van der Waals surface area contributed by atoms with Gasteiger partial charge in [0.05, 0.1) is 7.11 Å². The van der Waals surface area contributed by atoms with Gasteiger partial charge in [0.15, 0.2) is 0 Å². The van der Waals surface area contributed by atoms with Gasteiger partial charge in [0.1, 0.15) is 5.15 Å². The number of urea groups is 1. The minimum Gasteiger partial charge on any atom is -0.481 e. The van der Waals surface area contributed by atoms with Gasteiger partial charge in [-0.15, -0.1) is 0 Å². The Morgan fingerprint density at radius 3 is 2.86 bits per heavy atom. The molecule has 1 rings (SSSR count). The molecule has 2 N–H and O–H groups in total. The Hall–Kier alpha value is -1.56. The zero-order valence-corrected chi connectivity index (χ0v) is 8.42. The Bertz CT molecular complexity index is 344. The molecule has 76 valence electrons. The molecule has 0 aliphatic rings. The Morgan fingerprint density at radius 2 is 2.29 bits per heavy atom. The van der Waals surface area contributed by atoms with Crippen LogP contribution < -0.4 is 15.4 Å². The van der Waals surface area contributed by atoms with Crippen molar-refractivity contribution in [3.63, 3.8) is 0 Å². The number of aromatic nitrogens is 2. The molecule has 0 aromatic carbocycles. The van der Waals surface area contributed by atoms with Gasteiger partial charge in [0.25, 0.3) is 0 Å². The average molecular weight is 217 g/mol. The molecule has 14 heavy (non-hydrogen) atoms. The fourth-order valence-electron chi connectivity index (χ4n) is 0.722. The lowest BCUT2D eigenvalue weighted by Crippen LogP contribution is -2.25. The highest BCUT2D eigenvalue weighted by atomic mass is 35.5. The van der Waals surface area contributed by atoms with Gasteiger partial charge < -0.3 is 10.1 Å². The number of carbonyl (C=O) groups is 1. The van der Waals surface area contributed by atoms with Crippen molar-refractivity contribution in [2.75, 3.05) is 19.5 Å². The second-order valence-electron chi connectivity index (χ2n) is 2.26. The van der Waals surface area contributed by atoms with Crippen LogP contribution in [0.1, 0.15) is 0 Å². The van der Waals surface area contributed by atoms with Crippen molar-refractivity contribution in [3.05, 3.63) is 11.2 Å². The Morgan fingerprint density at radius 1 is 1.57 bits per heavy atom. The second-order valence-corrected chi connectivity index (χ2v) is 2.65. The molecule has 7 heteroatoms. The number of halogens is 1. The van der Waals surface area contributed by atoms with Crippen LogP contribution in [0.5, 0.6) is 5.88 Å². The Labute approximate surface area is 85.6 Å². The summed E-state index contributed by atoms with van der Waals surface area (Å²) >= 11 is 5.65. The summed E-state index contributed by atoms with van der Waals surface area (Å²) in [5.74, 6) is 0.380. The predicted octanol–water partition coefficient (Wildman–Crippen LogP) is 0.890. The zero-order valence-electron chi connectivity index (χ0n) is 7.67. The number of amides is 2. The summed E-state index contributed by atoms with van der Waals surface area (Å²) in [5.41, 5.74) is 0. The molecule has 0 bridgehead atoms. The van der Waals surface area contributed by atoms with E-state index in [2.05, 4.69) is 20.6 Å². The molecule has 0 saturated carbocycles. The van der Waals surface area contributed by atoms with Crippen LogP contribution >= 0.6 is 11.6 Å². The first-order valence-corrected chi connectivity index (χ1v) is 4.11. The quantitative estimate of drug-likeness (QED) is 0.720. The molecular formula is C7H9ClN4O2. The van der Waals surface area contributed by atoms with E-state index in [1.165, 1.54) is 20.2 Å². The van der Waals surface area contributed by atoms with Crippen molar-refractivity contribution < 1.29 is 9.53 Å². The average Bonchev–Trinajstić information content (AvgIpc) is 2.16. The van der Waals surface area contributed by atoms with Crippen LogP contribution in [0.3, 0.4) is 0 Å². The van der Waals surface area contributed by atoms with Crippen LogP contribution in [-0.2, 0) is 0 Å². The number of anilines is 1. The van der Waals surface area contributed by atoms with E-state index in [4.69, 9.17) is 16.3 Å². The van der Waals surface area contributed by atoms with Crippen LogP contribution in [-0.4, -0.2) is 30.2 Å². The fraction of sp³-hybridized carbons (Fsp3) is 0.286. The summed E-state index contributed by atoms with van der Waals surface area (Å²) in [5, 5.41) is 4.92. The molecule has 0 spiro atoms. The number of carbonyl (C=O) groups excluding carboxylic acids is 1. The third-order valence-corrected chi connectivity index (χ3v) is 1.53. The molecule has 0 saturated heterocycles. The number of nitrogens with zero attached hydrogens (tertiary/aromatic N) is 2. The maximum atomic E-state index is 10.9. The molecule has 0 unspecified atom stereocenters. The number of ether oxygens (including phenoxy) is 1. The lowest BCUT2D eigenvalue weighted by atomic mass is 10.6. The molecule has 0 fully saturated rings. The van der Waals surface area contributed by atoms with Gasteiger partial charge in [-0.3, -0.25) is 5.32 Å². The van der Waals surface area contributed by atoms with Gasteiger partial charge in [0, 0.05) is 13.1 Å². The van der Waals surface area contributed by atoms with Crippen molar-refractivity contribution in [1.29, 1.82) is 0 Å². The first-order chi connectivity index (χ1) is 6.65. The van der Waals surface area contributed by atoms with Crippen LogP contribution in [0.15, 0.2) is 6.07 Å². The molecule has 1 aromatic heterocycles. The Balaban J connectivity index is 2.86. The van der Waals surface area contributed by atoms with Crippen molar-refractivity contribution in [3.8, 4) is 5.88 Å². The first-order valence-electron chi connectivity index (χ1n) is 3.73. The molecule has 6 nitrogen and oxygen atoms in total. The van der Waals surface area contributed by atoms with Gasteiger partial charge in [-0.25, -0.2) is 9.78 Å². The van der Waals surface area contributed by atoms with Gasteiger partial charge >= 0.3 is 6.03 Å². The third-order valence-electron chi connectivity index (χ3n) is 1.33. The van der Waals surface area contributed by atoms with Crippen molar-refractivity contribution in [2.24, 2.45) is 0 Å². The van der Waals surface area contributed by atoms with E-state index < -0.39 is 6.03 Å². The van der Waals surface area contributed by atoms with E-state index in [-0.39, 0.29) is 17.0 Å². The maximum absolute atomic E-state index is 10.9. The molecule has 0 aliphatic carbocycles. The smallest absolute Gasteiger partial charge is 0.321 e. The van der Waals surface area contributed by atoms with E-state index in [0.717, 1.165) is 0 Å². The third kappa shape index (κ3) is 2.74. The number of nitrogens with one attached hydrogen (secondary N) is 2. The monoisotopic (exact) mass is 216 g/mol. The van der Waals surface area contributed by atoms with Crippen molar-refractivity contribution in [1.82, 2.24) is 15.3 Å². The first kappa shape index (κ1) is 10.5. The highest BCUT2D eigenvalue weighted by molar-refractivity contribution is 6.29. The van der Waals surface area contributed by atoms with Gasteiger partial charge in [-0.05, 0) is 0 Å². The number of hydrogen-bond acceptors (Lipinski definition) is 4. The summed E-state index contributed by atoms with van der Waals surface area (Å²) in [4.78, 5) is 18.5. The standard InChI is InChI=1S/C7H9ClN4O2/c1-9-7(13)12-6-10-4(8)3-5(11-6)14-2/h3H,1-2H3,(H2,9,10,11,12,13). The molecule has 2 amide bonds. The van der Waals surface area contributed by atoms with Crippen LogP contribution in [0.4, 0.5) is 10.7 Å². The predicted molar refractivity (Wildman–Crippen MR) is 51.7 cm³/mol. The fourth-order valence-corrected chi connectivity index (χ4v) is 0.895. The molecule has 0 atom stereocenters. The van der Waals surface area contributed by atoms with Crippen LogP contribution in [0.25, 0.3) is 0 Å². The van der Waals surface area contributed by atoms with Gasteiger partial charge in [-0.2, -0.15) is 4.98 Å². The zero-order chi connectivity index (χ0) is 10.6. The van der Waals surface area contributed by atoms with Crippen molar-refractivity contribution in [2.45, 2.75) is 0 Å². The van der Waals surface area contributed by atoms with E-state index >= 15 is 0 Å². The summed E-state index contributed by atoms with van der Waals surface area (Å²) < 4.78 is 4.84. The summed E-state index contributed by atoms with van der Waals surface area (Å²) in [6.45, 7) is 0. The Kier molecular flexibility index (Phi) is 3.47. The number of rotatable bonds is 2. The molecule has 0 aliphatic heterocycles. The normalized spacial score (nSPS) is 9.36. The van der Waals surface area contributed by atoms with E-state index in [9.17, 15) is 4.79 Å². The number of hydrogen-bond donors (Lipinski definition) is 2. The highest BCUT2D eigenvalue weighted by Crippen LogP contribution is 2.15. The second kappa shape index (κ2) is 4.61. The van der Waals surface area contributed by atoms with Crippen LogP contribution in [0, 0.1) is 0 Å². The minimum absolute atomic E-state index is 0.0914. The van der Waals surface area contributed by atoms with Crippen LogP contribution in [0.2, 0.25) is 5.15 Å². The van der Waals surface area contributed by atoms with E-state index in [1.54, 1.807) is 0 Å². The number of methoxy groups -OCH3 is 1. The lowest BCUT2D eigenvalue weighted by molar-refractivity contribution is 0.253. The molecule has 1 aromatic rings. The summed E-state index contributed by atoms with van der Waals surface area (Å²) in [6.07, 6.45) is 0. The minimum atomic E-state index is -0.422. The lowest BCUT2D eigenvalue weighted by Gasteiger charge is -2.04. The largest absolute Gasteiger partial charge is 0.481 e.